The molecule has 1 aliphatic carbocycles. The van der Waals surface area contributed by atoms with E-state index in [4.69, 9.17) is 35.3 Å². The van der Waals surface area contributed by atoms with Crippen LogP contribution in [0.4, 0.5) is 0 Å². The molecule has 5 aliphatic rings. The van der Waals surface area contributed by atoms with Gasteiger partial charge in [0.1, 0.15) is 23.7 Å². The van der Waals surface area contributed by atoms with Gasteiger partial charge < -0.3 is 33.9 Å². The maximum Gasteiger partial charge on any atom is 0.338 e. The Morgan fingerprint density at radius 1 is 1.12 bits per heavy atom. The van der Waals surface area contributed by atoms with Gasteiger partial charge in [-0.2, -0.15) is 0 Å². The Kier molecular flexibility index (Phi) is 11.4. The maximum atomic E-state index is 14.4. The molecule has 4 aliphatic heterocycles. The summed E-state index contributed by atoms with van der Waals surface area (Å²) in [6, 6.07) is 6.35. The first kappa shape index (κ1) is 38.0. The van der Waals surface area contributed by atoms with E-state index in [-0.39, 0.29) is 24.7 Å². The number of aliphatic hydroxyl groups is 2. The van der Waals surface area contributed by atoms with Crippen molar-refractivity contribution in [3.8, 4) is 0 Å². The average Bonchev–Trinajstić information content (AvgIpc) is 3.44. The molecule has 6 rings (SSSR count). The number of fused-ring (bicyclic) bond motifs is 2. The highest BCUT2D eigenvalue weighted by Crippen LogP contribution is 2.48. The Hall–Kier alpha value is -2.79. The van der Waals surface area contributed by atoms with Gasteiger partial charge in [0.2, 0.25) is 0 Å². The van der Waals surface area contributed by atoms with Crippen LogP contribution in [0.1, 0.15) is 90.4 Å². The summed E-state index contributed by atoms with van der Waals surface area (Å²) < 4.78 is 32.2. The Morgan fingerprint density at radius 2 is 1.86 bits per heavy atom. The van der Waals surface area contributed by atoms with Gasteiger partial charge in [0.25, 0.3) is 0 Å². The largest absolute Gasteiger partial charge is 0.462 e. The van der Waals surface area contributed by atoms with Gasteiger partial charge in [-0.15, -0.1) is 0 Å². The SMILES string of the molecule is CC[C@H](C)[C@H]1O[C@]2(CC[C@@H]1C)C[C@@H]1C[C@@H](C/C=C(\C)[C@@H](O)[C@@H](C)/C=C/C=C3\CO[C@@H]4[C@H](OC(=O)c5ccc(Cl)cc5)C(C)=C[C@@H](C(=O)O1)[C@]34O)O2. The lowest BCUT2D eigenvalue weighted by Gasteiger charge is -2.51. The third-order valence-corrected chi connectivity index (χ3v) is 12.0. The maximum absolute atomic E-state index is 14.4. The molecular weight excluding hydrogens is 672 g/mol. The summed E-state index contributed by atoms with van der Waals surface area (Å²) in [5.41, 5.74) is 0.261. The van der Waals surface area contributed by atoms with E-state index in [1.54, 1.807) is 49.4 Å². The fourth-order valence-corrected chi connectivity index (χ4v) is 8.58. The Balaban J connectivity index is 1.37. The van der Waals surface area contributed by atoms with Crippen LogP contribution in [0, 0.1) is 23.7 Å². The first-order valence-electron chi connectivity index (χ1n) is 18.5. The molecule has 0 saturated carbocycles. The molecule has 1 aromatic rings. The first-order chi connectivity index (χ1) is 24.2. The van der Waals surface area contributed by atoms with E-state index in [9.17, 15) is 19.8 Å². The van der Waals surface area contributed by atoms with Crippen molar-refractivity contribution >= 4 is 23.5 Å². The molecular formula is C41H53ClO9. The van der Waals surface area contributed by atoms with E-state index in [0.717, 1.165) is 18.4 Å². The fourth-order valence-electron chi connectivity index (χ4n) is 8.46. The predicted molar refractivity (Wildman–Crippen MR) is 193 cm³/mol. The highest BCUT2D eigenvalue weighted by molar-refractivity contribution is 6.30. The second-order valence-corrected chi connectivity index (χ2v) is 15.9. The number of carbonyl (C=O) groups is 2. The summed E-state index contributed by atoms with van der Waals surface area (Å²) in [6.07, 6.45) is 9.30. The molecule has 9 nitrogen and oxygen atoms in total. The number of ether oxygens (including phenoxy) is 5. The summed E-state index contributed by atoms with van der Waals surface area (Å²) >= 11 is 6.03. The molecule has 0 amide bonds. The van der Waals surface area contributed by atoms with Gasteiger partial charge in [0.15, 0.2) is 11.9 Å². The molecule has 0 aromatic heterocycles. The summed E-state index contributed by atoms with van der Waals surface area (Å²) in [5.74, 6) is -2.80. The Bertz CT molecular complexity index is 1580. The van der Waals surface area contributed by atoms with E-state index in [1.165, 1.54) is 0 Å². The van der Waals surface area contributed by atoms with Gasteiger partial charge in [0.05, 0.1) is 30.5 Å². The number of halogens is 1. The van der Waals surface area contributed by atoms with Crippen molar-refractivity contribution in [2.24, 2.45) is 23.7 Å². The molecule has 51 heavy (non-hydrogen) atoms. The predicted octanol–water partition coefficient (Wildman–Crippen LogP) is 7.05. The van der Waals surface area contributed by atoms with Gasteiger partial charge in [-0.05, 0) is 79.5 Å². The van der Waals surface area contributed by atoms with E-state index >= 15 is 0 Å². The van der Waals surface area contributed by atoms with Gasteiger partial charge in [0, 0.05) is 30.2 Å². The van der Waals surface area contributed by atoms with E-state index < -0.39 is 53.7 Å². The fraction of sp³-hybridized carbons (Fsp3) is 0.610. The Labute approximate surface area is 306 Å². The molecule has 12 atom stereocenters. The topological polar surface area (TPSA) is 121 Å². The zero-order valence-electron chi connectivity index (χ0n) is 30.5. The van der Waals surface area contributed by atoms with Crippen LogP contribution in [-0.4, -0.2) is 76.8 Å². The second kappa shape index (κ2) is 15.3. The number of rotatable bonds is 4. The lowest BCUT2D eigenvalue weighted by molar-refractivity contribution is -0.340. The molecule has 3 saturated heterocycles. The van der Waals surface area contributed by atoms with Crippen LogP contribution in [0.2, 0.25) is 5.02 Å². The zero-order valence-corrected chi connectivity index (χ0v) is 31.3. The minimum Gasteiger partial charge on any atom is -0.462 e. The molecule has 2 N–H and O–H groups in total. The van der Waals surface area contributed by atoms with E-state index in [0.29, 0.717) is 59.3 Å². The molecule has 278 valence electrons. The van der Waals surface area contributed by atoms with Crippen molar-refractivity contribution in [3.05, 3.63) is 82.0 Å². The first-order valence-corrected chi connectivity index (χ1v) is 18.9. The van der Waals surface area contributed by atoms with Crippen molar-refractivity contribution in [3.63, 3.8) is 0 Å². The number of aliphatic hydroxyl groups excluding tert-OH is 1. The number of hydrogen-bond donors (Lipinski definition) is 2. The number of carbonyl (C=O) groups excluding carboxylic acids is 2. The minimum absolute atomic E-state index is 0.00435. The van der Waals surface area contributed by atoms with Gasteiger partial charge in [-0.1, -0.05) is 76.1 Å². The van der Waals surface area contributed by atoms with Gasteiger partial charge >= 0.3 is 11.9 Å². The third kappa shape index (κ3) is 7.66. The monoisotopic (exact) mass is 724 g/mol. The molecule has 10 heteroatoms. The van der Waals surface area contributed by atoms with Crippen LogP contribution >= 0.6 is 11.6 Å². The average molecular weight is 725 g/mol. The molecule has 0 radical (unpaired) electrons. The normalized spacial score (nSPS) is 41.9. The van der Waals surface area contributed by atoms with E-state index in [2.05, 4.69) is 20.8 Å². The van der Waals surface area contributed by atoms with Crippen LogP contribution in [0.15, 0.2) is 71.4 Å². The van der Waals surface area contributed by atoms with Crippen LogP contribution in [0.5, 0.6) is 0 Å². The number of allylic oxidation sites excluding steroid dienone is 2. The third-order valence-electron chi connectivity index (χ3n) is 11.8. The van der Waals surface area contributed by atoms with Gasteiger partial charge in [-0.3, -0.25) is 4.79 Å². The molecule has 2 bridgehead atoms. The number of esters is 2. The van der Waals surface area contributed by atoms with Crippen LogP contribution in [-0.2, 0) is 28.5 Å². The highest BCUT2D eigenvalue weighted by Gasteiger charge is 2.61. The zero-order chi connectivity index (χ0) is 36.7. The minimum atomic E-state index is -1.87. The van der Waals surface area contributed by atoms with Crippen LogP contribution in [0.3, 0.4) is 0 Å². The second-order valence-electron chi connectivity index (χ2n) is 15.5. The summed E-state index contributed by atoms with van der Waals surface area (Å²) in [7, 11) is 0. The smallest absolute Gasteiger partial charge is 0.338 e. The van der Waals surface area contributed by atoms with Crippen molar-refractivity contribution in [1.82, 2.24) is 0 Å². The molecule has 4 heterocycles. The molecule has 1 spiro atoms. The number of hydrogen-bond acceptors (Lipinski definition) is 9. The van der Waals surface area contributed by atoms with Crippen molar-refractivity contribution in [1.29, 1.82) is 0 Å². The van der Waals surface area contributed by atoms with E-state index in [1.807, 2.05) is 26.0 Å². The highest BCUT2D eigenvalue weighted by atomic mass is 35.5. The Morgan fingerprint density at radius 3 is 2.59 bits per heavy atom. The summed E-state index contributed by atoms with van der Waals surface area (Å²) in [5, 5.41) is 24.4. The lowest BCUT2D eigenvalue weighted by atomic mass is 9.70. The van der Waals surface area contributed by atoms with Gasteiger partial charge in [-0.25, -0.2) is 4.79 Å². The summed E-state index contributed by atoms with van der Waals surface area (Å²) in [6.45, 7) is 12.2. The van der Waals surface area contributed by atoms with Crippen molar-refractivity contribution in [2.75, 3.05) is 6.61 Å². The molecule has 0 unspecified atom stereocenters. The van der Waals surface area contributed by atoms with Crippen molar-refractivity contribution < 1.29 is 43.5 Å². The lowest BCUT2D eigenvalue weighted by Crippen LogP contribution is -2.59. The van der Waals surface area contributed by atoms with Crippen LogP contribution < -0.4 is 0 Å². The molecule has 3 fully saturated rings. The molecule has 1 aromatic carbocycles. The summed E-state index contributed by atoms with van der Waals surface area (Å²) in [4.78, 5) is 27.7. The standard InChI is InChI=1S/C41H53ClO9/c1-7-23(2)35-26(5)17-18-40(51-35)21-32-20-31(50-40)16-11-25(4)34(43)24(3)9-8-10-29-22-47-37-36(49-38(44)28-12-14-30(42)15-13-28)27(6)19-33(39(45)48-32)41(29,37)46/h8-15,19,23-24,26,31-37,43,46H,7,16-18,20-22H2,1-6H3/b9-8+,25-11+,29-10+/t23-,24-,26-,31+,32-,33-,34-,35+,36+,37+,40+,41+/m0/s1. The number of benzene rings is 1. The van der Waals surface area contributed by atoms with Crippen LogP contribution in [0.25, 0.3) is 0 Å². The van der Waals surface area contributed by atoms with Crippen molar-refractivity contribution in [2.45, 2.75) is 128 Å². The quantitative estimate of drug-likeness (QED) is 0.249.